The molecule has 6 heteroatoms. The average molecular weight is 387 g/mol. The Labute approximate surface area is 171 Å². The number of nitrogens with zero attached hydrogens (tertiary/aromatic N) is 4. The van der Waals surface area contributed by atoms with Crippen molar-refractivity contribution in [2.75, 3.05) is 36.4 Å². The zero-order valence-corrected chi connectivity index (χ0v) is 16.6. The number of hydrogen-bond donors (Lipinski definition) is 1. The average Bonchev–Trinajstić information content (AvgIpc) is 2.79. The molecule has 0 aliphatic carbocycles. The van der Waals surface area contributed by atoms with Crippen molar-refractivity contribution < 1.29 is 4.79 Å². The van der Waals surface area contributed by atoms with E-state index >= 15 is 0 Å². The summed E-state index contributed by atoms with van der Waals surface area (Å²) in [7, 11) is 0. The Bertz CT molecular complexity index is 968. The molecule has 0 radical (unpaired) electrons. The second-order valence-corrected chi connectivity index (χ2v) is 7.18. The Morgan fingerprint density at radius 3 is 2.52 bits per heavy atom. The summed E-state index contributed by atoms with van der Waals surface area (Å²) in [6.45, 7) is 5.71. The number of carbonyl (C=O) groups excluding carboxylic acids is 1. The summed E-state index contributed by atoms with van der Waals surface area (Å²) in [5.74, 6) is 1.73. The molecule has 2 aromatic heterocycles. The predicted octanol–water partition coefficient (Wildman–Crippen LogP) is 3.36. The van der Waals surface area contributed by atoms with Crippen LogP contribution in [0.3, 0.4) is 0 Å². The number of carbonyl (C=O) groups is 1. The van der Waals surface area contributed by atoms with Crippen molar-refractivity contribution in [3.8, 4) is 0 Å². The molecule has 1 amide bonds. The van der Waals surface area contributed by atoms with Crippen LogP contribution in [0.2, 0.25) is 0 Å². The molecule has 6 nitrogen and oxygen atoms in total. The van der Waals surface area contributed by atoms with Gasteiger partial charge in [0.2, 0.25) is 0 Å². The Balaban J connectivity index is 1.37. The molecule has 1 N–H and O–H groups in total. The number of nitrogens with one attached hydrogen (secondary N) is 1. The number of benzene rings is 1. The van der Waals surface area contributed by atoms with Gasteiger partial charge < -0.3 is 15.1 Å². The minimum Gasteiger partial charge on any atom is -0.366 e. The minimum absolute atomic E-state index is 0.0482. The number of aromatic nitrogens is 2. The lowest BCUT2D eigenvalue weighted by atomic mass is 10.1. The first kappa shape index (κ1) is 18.9. The van der Waals surface area contributed by atoms with E-state index in [-0.39, 0.29) is 5.91 Å². The van der Waals surface area contributed by atoms with Gasteiger partial charge in [-0.25, -0.2) is 9.97 Å². The summed E-state index contributed by atoms with van der Waals surface area (Å²) >= 11 is 0. The number of pyridine rings is 2. The molecule has 4 rings (SSSR count). The lowest BCUT2D eigenvalue weighted by molar-refractivity contribution is 0.0746. The van der Waals surface area contributed by atoms with Crippen molar-refractivity contribution in [1.29, 1.82) is 0 Å². The van der Waals surface area contributed by atoms with E-state index in [0.29, 0.717) is 31.0 Å². The molecule has 0 bridgehead atoms. The molecule has 0 spiro atoms. The van der Waals surface area contributed by atoms with Gasteiger partial charge in [0.15, 0.2) is 0 Å². The normalized spacial score (nSPS) is 14.0. The van der Waals surface area contributed by atoms with Crippen LogP contribution in [-0.2, 0) is 6.54 Å². The van der Waals surface area contributed by atoms with Crippen molar-refractivity contribution in [1.82, 2.24) is 14.9 Å². The SMILES string of the molecule is Cc1ccccc1CNc1cc(C(=O)N2CCN(c3ccccn3)CC2)ccn1. The van der Waals surface area contributed by atoms with Crippen LogP contribution in [0, 0.1) is 6.92 Å². The van der Waals surface area contributed by atoms with Crippen LogP contribution in [0.25, 0.3) is 0 Å². The molecule has 0 unspecified atom stereocenters. The van der Waals surface area contributed by atoms with E-state index in [2.05, 4.69) is 39.2 Å². The molecule has 1 fully saturated rings. The van der Waals surface area contributed by atoms with Crippen LogP contribution in [0.15, 0.2) is 67.0 Å². The van der Waals surface area contributed by atoms with Crippen LogP contribution in [0.1, 0.15) is 21.5 Å². The summed E-state index contributed by atoms with van der Waals surface area (Å²) in [6.07, 6.45) is 3.49. The van der Waals surface area contributed by atoms with Gasteiger partial charge >= 0.3 is 0 Å². The standard InChI is InChI=1S/C23H25N5O/c1-18-6-2-3-7-20(18)17-26-21-16-19(9-11-24-21)23(29)28-14-12-27(13-15-28)22-8-4-5-10-25-22/h2-11,16H,12-15,17H2,1H3,(H,24,26). The molecule has 0 atom stereocenters. The second-order valence-electron chi connectivity index (χ2n) is 7.18. The third kappa shape index (κ3) is 4.54. The zero-order valence-electron chi connectivity index (χ0n) is 16.6. The van der Waals surface area contributed by atoms with E-state index in [4.69, 9.17) is 0 Å². The number of piperazine rings is 1. The Morgan fingerprint density at radius 1 is 0.966 bits per heavy atom. The fraction of sp³-hybridized carbons (Fsp3) is 0.261. The maximum atomic E-state index is 13.0. The zero-order chi connectivity index (χ0) is 20.1. The highest BCUT2D eigenvalue weighted by molar-refractivity contribution is 5.95. The van der Waals surface area contributed by atoms with Gasteiger partial charge in [0.1, 0.15) is 11.6 Å². The molecule has 0 saturated carbocycles. The molecule has 1 saturated heterocycles. The van der Waals surface area contributed by atoms with Crippen LogP contribution < -0.4 is 10.2 Å². The van der Waals surface area contributed by atoms with E-state index in [1.807, 2.05) is 41.3 Å². The predicted molar refractivity (Wildman–Crippen MR) is 115 cm³/mol. The number of anilines is 2. The molecule has 29 heavy (non-hydrogen) atoms. The van der Waals surface area contributed by atoms with E-state index < -0.39 is 0 Å². The van der Waals surface area contributed by atoms with E-state index in [1.54, 1.807) is 18.5 Å². The molecule has 148 valence electrons. The highest BCUT2D eigenvalue weighted by Gasteiger charge is 2.23. The van der Waals surface area contributed by atoms with Crippen molar-refractivity contribution in [2.24, 2.45) is 0 Å². The maximum Gasteiger partial charge on any atom is 0.254 e. The third-order valence-electron chi connectivity index (χ3n) is 5.27. The topological polar surface area (TPSA) is 61.4 Å². The van der Waals surface area contributed by atoms with Crippen molar-refractivity contribution >= 4 is 17.5 Å². The van der Waals surface area contributed by atoms with Gasteiger partial charge in [-0.05, 0) is 42.3 Å². The van der Waals surface area contributed by atoms with Crippen molar-refractivity contribution in [3.63, 3.8) is 0 Å². The molecule has 1 aliphatic heterocycles. The van der Waals surface area contributed by atoms with Crippen LogP contribution in [-0.4, -0.2) is 47.0 Å². The third-order valence-corrected chi connectivity index (χ3v) is 5.27. The fourth-order valence-electron chi connectivity index (χ4n) is 3.52. The number of aryl methyl sites for hydroxylation is 1. The van der Waals surface area contributed by atoms with Crippen LogP contribution in [0.5, 0.6) is 0 Å². The second kappa shape index (κ2) is 8.73. The monoisotopic (exact) mass is 387 g/mol. The molecule has 3 heterocycles. The van der Waals surface area contributed by atoms with Crippen molar-refractivity contribution in [3.05, 3.63) is 83.7 Å². The molecule has 1 aliphatic rings. The maximum absolute atomic E-state index is 13.0. The summed E-state index contributed by atoms with van der Waals surface area (Å²) in [5, 5.41) is 3.33. The number of rotatable bonds is 5. The van der Waals surface area contributed by atoms with Gasteiger partial charge in [-0.2, -0.15) is 0 Å². The smallest absolute Gasteiger partial charge is 0.254 e. The summed E-state index contributed by atoms with van der Waals surface area (Å²) < 4.78 is 0. The van der Waals surface area contributed by atoms with E-state index in [0.717, 1.165) is 18.9 Å². The van der Waals surface area contributed by atoms with Crippen molar-refractivity contribution in [2.45, 2.75) is 13.5 Å². The summed E-state index contributed by atoms with van der Waals surface area (Å²) in [4.78, 5) is 25.8. The van der Waals surface area contributed by atoms with Gasteiger partial charge in [0.25, 0.3) is 5.91 Å². The first-order valence-corrected chi connectivity index (χ1v) is 9.90. The van der Waals surface area contributed by atoms with Gasteiger partial charge in [0, 0.05) is 50.7 Å². The minimum atomic E-state index is 0.0482. The first-order valence-electron chi connectivity index (χ1n) is 9.90. The Kier molecular flexibility index (Phi) is 5.70. The first-order chi connectivity index (χ1) is 14.2. The molecular weight excluding hydrogens is 362 g/mol. The Morgan fingerprint density at radius 2 is 1.76 bits per heavy atom. The summed E-state index contributed by atoms with van der Waals surface area (Å²) in [6, 6.07) is 17.8. The Hall–Kier alpha value is -3.41. The molecular formula is C23H25N5O. The largest absolute Gasteiger partial charge is 0.366 e. The van der Waals surface area contributed by atoms with E-state index in [9.17, 15) is 4.79 Å². The highest BCUT2D eigenvalue weighted by Crippen LogP contribution is 2.16. The number of amides is 1. The van der Waals surface area contributed by atoms with Gasteiger partial charge in [-0.15, -0.1) is 0 Å². The molecule has 1 aromatic carbocycles. The van der Waals surface area contributed by atoms with Crippen LogP contribution in [0.4, 0.5) is 11.6 Å². The van der Waals surface area contributed by atoms with Gasteiger partial charge in [-0.1, -0.05) is 30.3 Å². The van der Waals surface area contributed by atoms with E-state index in [1.165, 1.54) is 11.1 Å². The lowest BCUT2D eigenvalue weighted by Crippen LogP contribution is -2.49. The quantitative estimate of drug-likeness (QED) is 0.727. The molecule has 3 aromatic rings. The van der Waals surface area contributed by atoms with Gasteiger partial charge in [-0.3, -0.25) is 4.79 Å². The van der Waals surface area contributed by atoms with Gasteiger partial charge in [0.05, 0.1) is 0 Å². The number of hydrogen-bond acceptors (Lipinski definition) is 5. The highest BCUT2D eigenvalue weighted by atomic mass is 16.2. The summed E-state index contributed by atoms with van der Waals surface area (Å²) in [5.41, 5.74) is 3.12. The fourth-order valence-corrected chi connectivity index (χ4v) is 3.52. The van der Waals surface area contributed by atoms with Crippen LogP contribution >= 0.6 is 0 Å². The lowest BCUT2D eigenvalue weighted by Gasteiger charge is -2.35.